The third kappa shape index (κ3) is 6.00. The summed E-state index contributed by atoms with van der Waals surface area (Å²) >= 11 is 0. The Bertz CT molecular complexity index is 3060. The molecule has 2 heterocycles. The fourth-order valence-corrected chi connectivity index (χ4v) is 8.53. The van der Waals surface area contributed by atoms with E-state index in [1.165, 1.54) is 61.2 Å². The highest BCUT2D eigenvalue weighted by Gasteiger charge is 2.19. The van der Waals surface area contributed by atoms with E-state index in [9.17, 15) is 0 Å². The summed E-state index contributed by atoms with van der Waals surface area (Å²) in [5.41, 5.74) is 16.9. The molecule has 0 aliphatic carbocycles. The van der Waals surface area contributed by atoms with Crippen LogP contribution >= 0.6 is 0 Å². The zero-order chi connectivity index (χ0) is 37.7. The van der Waals surface area contributed by atoms with Crippen LogP contribution in [0.3, 0.4) is 0 Å². The molecule has 11 rings (SSSR count). The van der Waals surface area contributed by atoms with Crippen molar-refractivity contribution in [2.24, 2.45) is 0 Å². The van der Waals surface area contributed by atoms with E-state index in [1.807, 2.05) is 24.3 Å². The zero-order valence-corrected chi connectivity index (χ0v) is 31.1. The molecule has 0 fully saturated rings. The number of fused-ring (bicyclic) bond motifs is 6. The van der Waals surface area contributed by atoms with Crippen molar-refractivity contribution in [1.82, 2.24) is 0 Å². The van der Waals surface area contributed by atoms with Crippen LogP contribution in [0.25, 0.3) is 88.4 Å². The second-order valence-electron chi connectivity index (χ2n) is 14.9. The molecule has 0 N–H and O–H groups in total. The molecule has 0 aliphatic heterocycles. The summed E-state index contributed by atoms with van der Waals surface area (Å²) in [6.07, 6.45) is 0. The predicted octanol–water partition coefficient (Wildman–Crippen LogP) is 15.3. The van der Waals surface area contributed by atoms with Crippen LogP contribution in [0.15, 0.2) is 221 Å². The molecule has 0 amide bonds. The van der Waals surface area contributed by atoms with Crippen molar-refractivity contribution >= 4 is 43.9 Å². The molecule has 0 aliphatic rings. The summed E-state index contributed by atoms with van der Waals surface area (Å²) in [6, 6.07) is 76.3. The van der Waals surface area contributed by atoms with Crippen LogP contribution in [0.4, 0.5) is 0 Å². The Morgan fingerprint density at radius 2 is 0.614 bits per heavy atom. The van der Waals surface area contributed by atoms with Crippen LogP contribution in [0, 0.1) is 0 Å². The molecular formula is C55H36O2. The van der Waals surface area contributed by atoms with Crippen molar-refractivity contribution in [2.75, 3.05) is 0 Å². The zero-order valence-electron chi connectivity index (χ0n) is 31.1. The molecule has 0 saturated heterocycles. The maximum atomic E-state index is 6.13. The molecule has 268 valence electrons. The second kappa shape index (κ2) is 13.7. The van der Waals surface area contributed by atoms with E-state index < -0.39 is 0 Å². The Morgan fingerprint density at radius 3 is 1.18 bits per heavy atom. The molecule has 0 unspecified atom stereocenters. The molecule has 57 heavy (non-hydrogen) atoms. The van der Waals surface area contributed by atoms with Gasteiger partial charge in [0.1, 0.15) is 22.3 Å². The molecular weight excluding hydrogens is 693 g/mol. The first-order valence-corrected chi connectivity index (χ1v) is 19.5. The van der Waals surface area contributed by atoms with Gasteiger partial charge in [0.05, 0.1) is 0 Å². The summed E-state index contributed by atoms with van der Waals surface area (Å²) in [6.45, 7) is 0. The Labute approximate surface area is 330 Å². The Balaban J connectivity index is 0.987. The number of hydrogen-bond acceptors (Lipinski definition) is 2. The quantitative estimate of drug-likeness (QED) is 0.153. The first-order chi connectivity index (χ1) is 28.2. The van der Waals surface area contributed by atoms with E-state index in [-0.39, 0.29) is 5.92 Å². The van der Waals surface area contributed by atoms with Gasteiger partial charge in [-0.2, -0.15) is 0 Å². The third-order valence-corrected chi connectivity index (χ3v) is 11.4. The van der Waals surface area contributed by atoms with Gasteiger partial charge in [-0.1, -0.05) is 170 Å². The highest BCUT2D eigenvalue weighted by molar-refractivity contribution is 6.07. The van der Waals surface area contributed by atoms with E-state index in [1.54, 1.807) is 0 Å². The minimum atomic E-state index is 0.0194. The molecule has 2 nitrogen and oxygen atoms in total. The van der Waals surface area contributed by atoms with Crippen molar-refractivity contribution in [1.29, 1.82) is 0 Å². The van der Waals surface area contributed by atoms with E-state index in [2.05, 4.69) is 188 Å². The van der Waals surface area contributed by atoms with Crippen molar-refractivity contribution in [3.63, 3.8) is 0 Å². The topological polar surface area (TPSA) is 26.3 Å². The summed E-state index contributed by atoms with van der Waals surface area (Å²) in [4.78, 5) is 0. The van der Waals surface area contributed by atoms with Gasteiger partial charge in [0, 0.05) is 27.5 Å². The van der Waals surface area contributed by atoms with E-state index in [0.717, 1.165) is 43.9 Å². The van der Waals surface area contributed by atoms with Gasteiger partial charge in [0.2, 0.25) is 0 Å². The molecule has 11 aromatic rings. The van der Waals surface area contributed by atoms with Crippen LogP contribution in [-0.2, 0) is 0 Å². The number of furan rings is 2. The fourth-order valence-electron chi connectivity index (χ4n) is 8.53. The minimum Gasteiger partial charge on any atom is -0.456 e. The van der Waals surface area contributed by atoms with E-state index in [0.29, 0.717) is 0 Å². The van der Waals surface area contributed by atoms with Gasteiger partial charge in [-0.05, 0) is 104 Å². The molecule has 9 aromatic carbocycles. The third-order valence-electron chi connectivity index (χ3n) is 11.4. The van der Waals surface area contributed by atoms with Gasteiger partial charge in [-0.25, -0.2) is 0 Å². The molecule has 0 spiro atoms. The standard InChI is InChI=1S/C55H36O2/c1-2-10-36(11-3-1)41-12-8-13-42(32-41)43-14-9-15-46(33-43)55(39-24-20-37(21-25-39)44-28-30-53-49(34-44)47-16-4-6-18-51(47)56-53)40-26-22-38(23-27-40)45-29-31-54-50(35-45)48-17-5-7-19-52(48)57-54/h1-35,55H. The monoisotopic (exact) mass is 728 g/mol. The van der Waals surface area contributed by atoms with Gasteiger partial charge in [0.25, 0.3) is 0 Å². The fraction of sp³-hybridized carbons (Fsp3) is 0.0182. The van der Waals surface area contributed by atoms with Crippen molar-refractivity contribution in [3.8, 4) is 44.5 Å². The van der Waals surface area contributed by atoms with Gasteiger partial charge < -0.3 is 8.83 Å². The lowest BCUT2D eigenvalue weighted by molar-refractivity contribution is 0.668. The van der Waals surface area contributed by atoms with Crippen molar-refractivity contribution < 1.29 is 8.83 Å². The number of hydrogen-bond donors (Lipinski definition) is 0. The van der Waals surface area contributed by atoms with E-state index in [4.69, 9.17) is 8.83 Å². The molecule has 0 bridgehead atoms. The average molecular weight is 729 g/mol. The van der Waals surface area contributed by atoms with Crippen LogP contribution < -0.4 is 0 Å². The first-order valence-electron chi connectivity index (χ1n) is 19.5. The largest absolute Gasteiger partial charge is 0.456 e. The van der Waals surface area contributed by atoms with Crippen molar-refractivity contribution in [2.45, 2.75) is 5.92 Å². The Kier molecular flexibility index (Phi) is 7.93. The van der Waals surface area contributed by atoms with E-state index >= 15 is 0 Å². The molecule has 0 saturated carbocycles. The maximum Gasteiger partial charge on any atom is 0.135 e. The number of para-hydroxylation sites is 2. The molecule has 0 atom stereocenters. The van der Waals surface area contributed by atoms with Crippen LogP contribution in [0.5, 0.6) is 0 Å². The van der Waals surface area contributed by atoms with Gasteiger partial charge >= 0.3 is 0 Å². The lowest BCUT2D eigenvalue weighted by Crippen LogP contribution is -2.04. The minimum absolute atomic E-state index is 0.0194. The molecule has 2 aromatic heterocycles. The van der Waals surface area contributed by atoms with Gasteiger partial charge in [-0.15, -0.1) is 0 Å². The number of rotatable bonds is 7. The number of benzene rings is 9. The molecule has 2 heteroatoms. The second-order valence-corrected chi connectivity index (χ2v) is 14.9. The van der Waals surface area contributed by atoms with Crippen LogP contribution in [0.2, 0.25) is 0 Å². The summed E-state index contributed by atoms with van der Waals surface area (Å²) < 4.78 is 12.3. The highest BCUT2D eigenvalue weighted by atomic mass is 16.3. The lowest BCUT2D eigenvalue weighted by Gasteiger charge is -2.21. The molecule has 0 radical (unpaired) electrons. The summed E-state index contributed by atoms with van der Waals surface area (Å²) in [5, 5.41) is 4.56. The van der Waals surface area contributed by atoms with Crippen LogP contribution in [-0.4, -0.2) is 0 Å². The normalized spacial score (nSPS) is 11.7. The SMILES string of the molecule is c1ccc(-c2cccc(-c3cccc(C(c4ccc(-c5ccc6oc7ccccc7c6c5)cc4)c4ccc(-c5ccc6oc7ccccc7c6c5)cc4)c3)c2)cc1. The Morgan fingerprint density at radius 1 is 0.228 bits per heavy atom. The predicted molar refractivity (Wildman–Crippen MR) is 237 cm³/mol. The van der Waals surface area contributed by atoms with Gasteiger partial charge in [-0.3, -0.25) is 0 Å². The maximum absolute atomic E-state index is 6.13. The summed E-state index contributed by atoms with van der Waals surface area (Å²) in [7, 11) is 0. The average Bonchev–Trinajstić information content (AvgIpc) is 3.85. The van der Waals surface area contributed by atoms with Crippen LogP contribution in [0.1, 0.15) is 22.6 Å². The summed E-state index contributed by atoms with van der Waals surface area (Å²) in [5.74, 6) is 0.0194. The smallest absolute Gasteiger partial charge is 0.135 e. The Hall–Kier alpha value is -7.42. The highest BCUT2D eigenvalue weighted by Crippen LogP contribution is 2.39. The first kappa shape index (κ1) is 33.0. The lowest BCUT2D eigenvalue weighted by atomic mass is 9.83. The van der Waals surface area contributed by atoms with Crippen molar-refractivity contribution in [3.05, 3.63) is 229 Å². The van der Waals surface area contributed by atoms with Gasteiger partial charge in [0.15, 0.2) is 0 Å².